The van der Waals surface area contributed by atoms with Crippen LogP contribution in [0, 0.1) is 0 Å². The Bertz CT molecular complexity index is 498. The summed E-state index contributed by atoms with van der Waals surface area (Å²) in [5.74, 6) is 1.44. The molecule has 1 atom stereocenters. The number of methoxy groups -OCH3 is 1. The quantitative estimate of drug-likeness (QED) is 0.844. The van der Waals surface area contributed by atoms with Crippen LogP contribution in [0.25, 0.3) is 0 Å². The number of nitrogens with one attached hydrogen (secondary N) is 1. The maximum atomic E-state index is 5.59. The number of ether oxygens (including phenoxy) is 1. The van der Waals surface area contributed by atoms with Crippen LogP contribution in [0.4, 0.5) is 6.01 Å². The fourth-order valence-electron chi connectivity index (χ4n) is 1.53. The lowest BCUT2D eigenvalue weighted by Crippen LogP contribution is -2.06. The van der Waals surface area contributed by atoms with E-state index in [0.717, 1.165) is 11.3 Å². The van der Waals surface area contributed by atoms with Crippen LogP contribution in [0.1, 0.15) is 24.4 Å². The Balaban J connectivity index is 2.03. The minimum Gasteiger partial charge on any atom is -0.497 e. The van der Waals surface area contributed by atoms with Crippen molar-refractivity contribution in [1.29, 1.82) is 0 Å². The van der Waals surface area contributed by atoms with Crippen LogP contribution in [0.2, 0.25) is 0 Å². The van der Waals surface area contributed by atoms with Gasteiger partial charge in [-0.05, 0) is 24.6 Å². The molecule has 0 aliphatic carbocycles. The topological polar surface area (TPSA) is 60.2 Å². The zero-order valence-electron chi connectivity index (χ0n) is 10.2. The summed E-state index contributed by atoms with van der Waals surface area (Å²) in [6.07, 6.45) is 0. The second-order valence-electron chi connectivity index (χ2n) is 3.77. The van der Waals surface area contributed by atoms with Crippen molar-refractivity contribution in [2.75, 3.05) is 12.4 Å². The summed E-state index contributed by atoms with van der Waals surface area (Å²) in [5, 5.41) is 10.7. The van der Waals surface area contributed by atoms with E-state index in [9.17, 15) is 0 Å². The van der Waals surface area contributed by atoms with Crippen molar-refractivity contribution in [3.8, 4) is 5.75 Å². The SMILES string of the molecule is COc1ccc(C(C)Nc2nnc(CCl)o2)cc1. The standard InChI is InChI=1S/C12H14ClN3O2/c1-8(9-3-5-10(17-2)6-4-9)14-12-16-15-11(7-13)18-12/h3-6,8H,7H2,1-2H3,(H,14,16). The molecular weight excluding hydrogens is 254 g/mol. The van der Waals surface area contributed by atoms with E-state index < -0.39 is 0 Å². The van der Waals surface area contributed by atoms with Gasteiger partial charge in [-0.25, -0.2) is 0 Å². The highest BCUT2D eigenvalue weighted by molar-refractivity contribution is 6.16. The van der Waals surface area contributed by atoms with Crippen LogP contribution in [-0.4, -0.2) is 17.3 Å². The highest BCUT2D eigenvalue weighted by Gasteiger charge is 2.10. The highest BCUT2D eigenvalue weighted by Crippen LogP contribution is 2.21. The molecule has 1 N–H and O–H groups in total. The smallest absolute Gasteiger partial charge is 0.315 e. The van der Waals surface area contributed by atoms with E-state index in [1.54, 1.807) is 7.11 Å². The molecule has 1 aromatic heterocycles. The number of anilines is 1. The van der Waals surface area contributed by atoms with Gasteiger partial charge in [0.1, 0.15) is 11.6 Å². The molecule has 0 radical (unpaired) electrons. The van der Waals surface area contributed by atoms with E-state index in [0.29, 0.717) is 11.9 Å². The summed E-state index contributed by atoms with van der Waals surface area (Å²) in [5.41, 5.74) is 1.10. The van der Waals surface area contributed by atoms with Gasteiger partial charge in [0.15, 0.2) is 0 Å². The Hall–Kier alpha value is -1.75. The van der Waals surface area contributed by atoms with Crippen molar-refractivity contribution in [3.63, 3.8) is 0 Å². The summed E-state index contributed by atoms with van der Waals surface area (Å²) in [6.45, 7) is 2.01. The molecule has 0 aliphatic rings. The lowest BCUT2D eigenvalue weighted by Gasteiger charge is -2.12. The largest absolute Gasteiger partial charge is 0.497 e. The molecule has 0 aliphatic heterocycles. The molecule has 0 fully saturated rings. The normalized spacial score (nSPS) is 12.2. The summed E-state index contributed by atoms with van der Waals surface area (Å²) in [6, 6.07) is 8.20. The molecule has 0 spiro atoms. The number of halogens is 1. The number of benzene rings is 1. The summed E-state index contributed by atoms with van der Waals surface area (Å²) in [4.78, 5) is 0. The average molecular weight is 268 g/mol. The van der Waals surface area contributed by atoms with Crippen molar-refractivity contribution >= 4 is 17.6 Å². The van der Waals surface area contributed by atoms with Gasteiger partial charge >= 0.3 is 6.01 Å². The first kappa shape index (κ1) is 12.7. The van der Waals surface area contributed by atoms with Crippen molar-refractivity contribution in [2.24, 2.45) is 0 Å². The Kier molecular flexibility index (Phi) is 4.04. The van der Waals surface area contributed by atoms with Gasteiger partial charge in [0.25, 0.3) is 0 Å². The molecule has 96 valence electrons. The Morgan fingerprint density at radius 3 is 2.61 bits per heavy atom. The number of rotatable bonds is 5. The van der Waals surface area contributed by atoms with E-state index in [4.69, 9.17) is 20.8 Å². The van der Waals surface area contributed by atoms with Crippen LogP contribution in [-0.2, 0) is 5.88 Å². The zero-order chi connectivity index (χ0) is 13.0. The Morgan fingerprint density at radius 1 is 1.33 bits per heavy atom. The summed E-state index contributed by atoms with van der Waals surface area (Å²) < 4.78 is 10.4. The maximum Gasteiger partial charge on any atom is 0.315 e. The molecule has 0 bridgehead atoms. The van der Waals surface area contributed by atoms with Gasteiger partial charge in [-0.3, -0.25) is 0 Å². The molecule has 6 heteroatoms. The van der Waals surface area contributed by atoms with E-state index in [1.165, 1.54) is 0 Å². The van der Waals surface area contributed by atoms with Crippen molar-refractivity contribution in [3.05, 3.63) is 35.7 Å². The second-order valence-corrected chi connectivity index (χ2v) is 4.04. The third kappa shape index (κ3) is 2.92. The van der Waals surface area contributed by atoms with Gasteiger partial charge in [-0.1, -0.05) is 17.2 Å². The van der Waals surface area contributed by atoms with Crippen LogP contribution >= 0.6 is 11.6 Å². The van der Waals surface area contributed by atoms with Gasteiger partial charge in [0.2, 0.25) is 5.89 Å². The van der Waals surface area contributed by atoms with Gasteiger partial charge in [-0.15, -0.1) is 16.7 Å². The molecule has 5 nitrogen and oxygen atoms in total. The predicted molar refractivity (Wildman–Crippen MR) is 68.9 cm³/mol. The van der Waals surface area contributed by atoms with E-state index in [-0.39, 0.29) is 11.9 Å². The molecule has 0 saturated heterocycles. The van der Waals surface area contributed by atoms with E-state index in [2.05, 4.69) is 15.5 Å². The molecule has 1 unspecified atom stereocenters. The molecule has 0 amide bonds. The number of alkyl halides is 1. The third-order valence-electron chi connectivity index (χ3n) is 2.54. The summed E-state index contributed by atoms with van der Waals surface area (Å²) >= 11 is 5.59. The molecule has 1 aromatic carbocycles. The number of hydrogen-bond donors (Lipinski definition) is 1. The molecule has 0 saturated carbocycles. The maximum absolute atomic E-state index is 5.59. The van der Waals surface area contributed by atoms with Gasteiger partial charge in [-0.2, -0.15) is 0 Å². The molecular formula is C12H14ClN3O2. The minimum absolute atomic E-state index is 0.0551. The van der Waals surface area contributed by atoms with Crippen molar-refractivity contribution in [1.82, 2.24) is 10.2 Å². The molecule has 1 heterocycles. The first-order chi connectivity index (χ1) is 8.72. The highest BCUT2D eigenvalue weighted by atomic mass is 35.5. The number of aromatic nitrogens is 2. The van der Waals surface area contributed by atoms with Crippen LogP contribution in [0.15, 0.2) is 28.7 Å². The van der Waals surface area contributed by atoms with Crippen molar-refractivity contribution in [2.45, 2.75) is 18.8 Å². The minimum atomic E-state index is 0.0551. The lowest BCUT2D eigenvalue weighted by molar-refractivity contribution is 0.414. The van der Waals surface area contributed by atoms with Crippen molar-refractivity contribution < 1.29 is 9.15 Å². The van der Waals surface area contributed by atoms with Gasteiger partial charge < -0.3 is 14.5 Å². The van der Waals surface area contributed by atoms with E-state index in [1.807, 2.05) is 31.2 Å². The fraction of sp³-hybridized carbons (Fsp3) is 0.333. The fourth-order valence-corrected chi connectivity index (χ4v) is 1.64. The average Bonchev–Trinajstić information content (AvgIpc) is 2.86. The lowest BCUT2D eigenvalue weighted by atomic mass is 10.1. The third-order valence-corrected chi connectivity index (χ3v) is 2.77. The van der Waals surface area contributed by atoms with Gasteiger partial charge in [0, 0.05) is 0 Å². The Labute approximate surface area is 110 Å². The summed E-state index contributed by atoms with van der Waals surface area (Å²) in [7, 11) is 1.64. The van der Waals surface area contributed by atoms with Gasteiger partial charge in [0.05, 0.1) is 13.2 Å². The first-order valence-corrected chi connectivity index (χ1v) is 6.05. The second kappa shape index (κ2) is 5.73. The molecule has 2 rings (SSSR count). The zero-order valence-corrected chi connectivity index (χ0v) is 10.9. The molecule has 2 aromatic rings. The number of nitrogens with zero attached hydrogens (tertiary/aromatic N) is 2. The van der Waals surface area contributed by atoms with Crippen LogP contribution in [0.5, 0.6) is 5.75 Å². The number of hydrogen-bond acceptors (Lipinski definition) is 5. The predicted octanol–water partition coefficient (Wildman–Crippen LogP) is 2.99. The van der Waals surface area contributed by atoms with E-state index >= 15 is 0 Å². The van der Waals surface area contributed by atoms with Crippen LogP contribution < -0.4 is 10.1 Å². The molecule has 18 heavy (non-hydrogen) atoms. The first-order valence-electron chi connectivity index (χ1n) is 5.51. The monoisotopic (exact) mass is 267 g/mol. The van der Waals surface area contributed by atoms with Crippen LogP contribution in [0.3, 0.4) is 0 Å². The Morgan fingerprint density at radius 2 is 2.06 bits per heavy atom.